The minimum atomic E-state index is -1.63. The van der Waals surface area contributed by atoms with E-state index in [0.717, 1.165) is 19.3 Å². The summed E-state index contributed by atoms with van der Waals surface area (Å²) in [5.41, 5.74) is 1.40. The van der Waals surface area contributed by atoms with Crippen molar-refractivity contribution in [2.45, 2.75) is 57.5 Å². The Labute approximate surface area is 136 Å². The van der Waals surface area contributed by atoms with Gasteiger partial charge in [-0.25, -0.2) is 0 Å². The van der Waals surface area contributed by atoms with Crippen molar-refractivity contribution in [3.8, 4) is 0 Å². The van der Waals surface area contributed by atoms with Crippen LogP contribution in [0.4, 0.5) is 0 Å². The summed E-state index contributed by atoms with van der Waals surface area (Å²) in [4.78, 5) is 0. The highest BCUT2D eigenvalue weighted by Crippen LogP contribution is 2.57. The molecule has 0 aliphatic heterocycles. The van der Waals surface area contributed by atoms with Crippen LogP contribution in [0.5, 0.6) is 0 Å². The Morgan fingerprint density at radius 1 is 1.32 bits per heavy atom. The minimum absolute atomic E-state index is 0.346. The summed E-state index contributed by atoms with van der Waals surface area (Å²) >= 11 is 0. The summed E-state index contributed by atoms with van der Waals surface area (Å²) in [5.74, 6) is 0.601. The van der Waals surface area contributed by atoms with Crippen LogP contribution in [0.15, 0.2) is 43.0 Å². The predicted molar refractivity (Wildman–Crippen MR) is 95.5 cm³/mol. The maximum absolute atomic E-state index is 6.46. The molecular weight excluding hydrogens is 288 g/mol. The Morgan fingerprint density at radius 3 is 2.55 bits per heavy atom. The molecule has 0 aromatic heterocycles. The van der Waals surface area contributed by atoms with Crippen LogP contribution in [-0.4, -0.2) is 20.7 Å². The van der Waals surface area contributed by atoms with Gasteiger partial charge in [-0.05, 0) is 50.9 Å². The zero-order valence-electron chi connectivity index (χ0n) is 14.5. The van der Waals surface area contributed by atoms with E-state index in [2.05, 4.69) is 63.5 Å². The lowest BCUT2D eigenvalue weighted by molar-refractivity contribution is -0.121. The van der Waals surface area contributed by atoms with Crippen LogP contribution < -0.4 is 0 Å². The fourth-order valence-corrected chi connectivity index (χ4v) is 4.70. The van der Waals surface area contributed by atoms with E-state index in [0.29, 0.717) is 18.4 Å². The smallest absolute Gasteiger partial charge is 0.187 e. The van der Waals surface area contributed by atoms with Gasteiger partial charge >= 0.3 is 0 Å². The Hall–Kier alpha value is -0.903. The molecule has 0 amide bonds. The van der Waals surface area contributed by atoms with Crippen LogP contribution in [0.25, 0.3) is 0 Å². The van der Waals surface area contributed by atoms with Gasteiger partial charge in [0.1, 0.15) is 0 Å². The number of ether oxygens (including phenoxy) is 1. The average Bonchev–Trinajstić information content (AvgIpc) is 3.12. The first-order valence-electron chi connectivity index (χ1n) is 8.42. The number of hydrogen-bond donors (Lipinski definition) is 0. The molecule has 1 aliphatic rings. The fourth-order valence-electron chi connectivity index (χ4n) is 3.37. The summed E-state index contributed by atoms with van der Waals surface area (Å²) in [6, 6.07) is 10.8. The molecule has 2 rings (SSSR count). The zero-order valence-corrected chi connectivity index (χ0v) is 15.5. The first-order chi connectivity index (χ1) is 10.4. The van der Waals surface area contributed by atoms with E-state index in [1.54, 1.807) is 0 Å². The topological polar surface area (TPSA) is 18.5 Å². The Bertz CT molecular complexity index is 480. The van der Waals surface area contributed by atoms with Crippen LogP contribution in [0, 0.1) is 5.92 Å². The van der Waals surface area contributed by atoms with Gasteiger partial charge in [-0.2, -0.15) is 0 Å². The normalized spacial score (nSPS) is 25.7. The van der Waals surface area contributed by atoms with E-state index in [9.17, 15) is 0 Å². The van der Waals surface area contributed by atoms with Gasteiger partial charge in [-0.1, -0.05) is 36.4 Å². The van der Waals surface area contributed by atoms with E-state index < -0.39 is 8.32 Å². The Kier molecular flexibility index (Phi) is 5.64. The molecule has 0 spiro atoms. The third-order valence-corrected chi connectivity index (χ3v) is 5.13. The molecule has 1 fully saturated rings. The first kappa shape index (κ1) is 17.5. The van der Waals surface area contributed by atoms with Crippen LogP contribution in [0.2, 0.25) is 19.6 Å². The molecule has 0 saturated heterocycles. The zero-order chi connectivity index (χ0) is 16.2. The van der Waals surface area contributed by atoms with Gasteiger partial charge in [0.15, 0.2) is 14.1 Å². The number of rotatable bonds is 9. The highest BCUT2D eigenvalue weighted by molar-refractivity contribution is 6.69. The summed E-state index contributed by atoms with van der Waals surface area (Å²) in [6.45, 7) is 13.4. The maximum atomic E-state index is 6.46. The molecule has 1 aromatic rings. The molecule has 0 radical (unpaired) electrons. The lowest BCUT2D eigenvalue weighted by atomic mass is 9.89. The van der Waals surface area contributed by atoms with Crippen molar-refractivity contribution in [1.82, 2.24) is 0 Å². The summed E-state index contributed by atoms with van der Waals surface area (Å²) in [5, 5.41) is 0. The number of benzene rings is 1. The molecule has 22 heavy (non-hydrogen) atoms. The van der Waals surface area contributed by atoms with Gasteiger partial charge in [-0.3, -0.25) is 0 Å². The van der Waals surface area contributed by atoms with Gasteiger partial charge in [0, 0.05) is 18.9 Å². The second-order valence-corrected chi connectivity index (χ2v) is 11.6. The summed E-state index contributed by atoms with van der Waals surface area (Å²) < 4.78 is 12.6. The van der Waals surface area contributed by atoms with Crippen LogP contribution in [0.1, 0.15) is 37.7 Å². The molecule has 1 saturated carbocycles. The second kappa shape index (κ2) is 7.11. The molecule has 0 heterocycles. The van der Waals surface area contributed by atoms with E-state index in [1.165, 1.54) is 5.56 Å². The van der Waals surface area contributed by atoms with Crippen molar-refractivity contribution in [1.29, 1.82) is 0 Å². The standard InChI is InChI=1S/C19H30O2Si/c1-6-8-14-17(16-12-10-9-11-13-16)18-15-19(18,20-7-2)21-22(3,4)5/h6,9-13,17-18H,1,7-8,14-15H2,2-5H3. The molecule has 1 aromatic carbocycles. The van der Waals surface area contributed by atoms with Crippen LogP contribution in [-0.2, 0) is 9.16 Å². The molecular formula is C19H30O2Si. The SMILES string of the molecule is C=CCCC(c1ccccc1)C1CC1(OCC)O[Si](C)(C)C. The highest BCUT2D eigenvalue weighted by atomic mass is 28.4. The van der Waals surface area contributed by atoms with Crippen molar-refractivity contribution in [3.05, 3.63) is 48.6 Å². The summed E-state index contributed by atoms with van der Waals surface area (Å²) in [7, 11) is -1.63. The van der Waals surface area contributed by atoms with Crippen molar-refractivity contribution in [2.24, 2.45) is 5.92 Å². The van der Waals surface area contributed by atoms with Crippen molar-refractivity contribution >= 4 is 8.32 Å². The van der Waals surface area contributed by atoms with Gasteiger partial charge in [0.2, 0.25) is 0 Å². The molecule has 1 aliphatic carbocycles. The van der Waals surface area contributed by atoms with Crippen molar-refractivity contribution in [2.75, 3.05) is 6.61 Å². The lowest BCUT2D eigenvalue weighted by Crippen LogP contribution is -2.37. The highest BCUT2D eigenvalue weighted by Gasteiger charge is 2.61. The fraction of sp³-hybridized carbons (Fsp3) is 0.579. The predicted octanol–water partition coefficient (Wildman–Crippen LogP) is 5.34. The van der Waals surface area contributed by atoms with Gasteiger partial charge in [0.05, 0.1) is 0 Å². The van der Waals surface area contributed by atoms with Crippen molar-refractivity contribution < 1.29 is 9.16 Å². The van der Waals surface area contributed by atoms with E-state index in [-0.39, 0.29) is 5.79 Å². The molecule has 2 nitrogen and oxygen atoms in total. The van der Waals surface area contributed by atoms with Crippen molar-refractivity contribution in [3.63, 3.8) is 0 Å². The number of hydrogen-bond acceptors (Lipinski definition) is 2. The van der Waals surface area contributed by atoms with E-state index in [4.69, 9.17) is 9.16 Å². The van der Waals surface area contributed by atoms with Gasteiger partial charge < -0.3 is 9.16 Å². The third-order valence-electron chi connectivity index (χ3n) is 4.17. The largest absolute Gasteiger partial charge is 0.391 e. The minimum Gasteiger partial charge on any atom is -0.391 e. The van der Waals surface area contributed by atoms with Gasteiger partial charge in [0.25, 0.3) is 0 Å². The Balaban J connectivity index is 2.19. The van der Waals surface area contributed by atoms with Crippen LogP contribution >= 0.6 is 0 Å². The molecule has 3 atom stereocenters. The third kappa shape index (κ3) is 4.31. The Morgan fingerprint density at radius 2 is 2.00 bits per heavy atom. The van der Waals surface area contributed by atoms with Crippen LogP contribution in [0.3, 0.4) is 0 Å². The molecule has 0 bridgehead atoms. The molecule has 3 heteroatoms. The molecule has 0 N–H and O–H groups in total. The molecule has 122 valence electrons. The maximum Gasteiger partial charge on any atom is 0.187 e. The summed E-state index contributed by atoms with van der Waals surface area (Å²) in [6.07, 6.45) is 5.18. The quantitative estimate of drug-likeness (QED) is 0.347. The van der Waals surface area contributed by atoms with E-state index >= 15 is 0 Å². The first-order valence-corrected chi connectivity index (χ1v) is 11.8. The second-order valence-electron chi connectivity index (χ2n) is 7.15. The number of allylic oxidation sites excluding steroid dienone is 1. The average molecular weight is 319 g/mol. The monoisotopic (exact) mass is 318 g/mol. The lowest BCUT2D eigenvalue weighted by Gasteiger charge is -2.29. The van der Waals surface area contributed by atoms with E-state index in [1.807, 2.05) is 6.08 Å². The van der Waals surface area contributed by atoms with Gasteiger partial charge in [-0.15, -0.1) is 6.58 Å². The molecule has 3 unspecified atom stereocenters.